The van der Waals surface area contributed by atoms with Gasteiger partial charge in [0.15, 0.2) is 5.01 Å². The fourth-order valence-corrected chi connectivity index (χ4v) is 4.83. The van der Waals surface area contributed by atoms with Crippen LogP contribution in [0.1, 0.15) is 22.6 Å². The molecule has 0 bridgehead atoms. The minimum atomic E-state index is -0.286. The summed E-state index contributed by atoms with van der Waals surface area (Å²) in [6.07, 6.45) is 1.18. The maximum atomic E-state index is 12.7. The summed E-state index contributed by atoms with van der Waals surface area (Å²) in [5.41, 5.74) is 0.827. The minimum absolute atomic E-state index is 0.0461. The van der Waals surface area contributed by atoms with Crippen molar-refractivity contribution in [2.24, 2.45) is 0 Å². The number of likely N-dealkylation sites (tertiary alicyclic amines) is 1. The summed E-state index contributed by atoms with van der Waals surface area (Å²) in [5.74, 6) is -0.658. The van der Waals surface area contributed by atoms with Crippen LogP contribution in [0.15, 0.2) is 22.9 Å². The third-order valence-electron chi connectivity index (χ3n) is 4.57. The molecule has 0 aromatic carbocycles. The van der Waals surface area contributed by atoms with Crippen LogP contribution in [0.5, 0.6) is 0 Å². The molecule has 136 valence electrons. The monoisotopic (exact) mass is 391 g/mol. The van der Waals surface area contributed by atoms with Crippen LogP contribution in [0, 0.1) is 0 Å². The van der Waals surface area contributed by atoms with Crippen LogP contribution in [0.25, 0.3) is 10.6 Å². The van der Waals surface area contributed by atoms with E-state index in [1.165, 1.54) is 16.2 Å². The largest absolute Gasteiger partial charge is 0.362 e. The Balaban J connectivity index is 1.39. The van der Waals surface area contributed by atoms with E-state index in [0.717, 1.165) is 10.6 Å². The van der Waals surface area contributed by atoms with Gasteiger partial charge in [-0.05, 0) is 24.3 Å². The van der Waals surface area contributed by atoms with Crippen LogP contribution in [-0.2, 0) is 14.3 Å². The molecule has 7 nitrogen and oxygen atoms in total. The zero-order valence-electron chi connectivity index (χ0n) is 13.9. The zero-order valence-corrected chi connectivity index (χ0v) is 15.6. The Bertz CT molecular complexity index is 809. The van der Waals surface area contributed by atoms with Crippen LogP contribution in [0.3, 0.4) is 0 Å². The number of hydrogen-bond acceptors (Lipinski definition) is 7. The summed E-state index contributed by atoms with van der Waals surface area (Å²) in [6, 6.07) is 3.79. The molecule has 0 unspecified atom stereocenters. The van der Waals surface area contributed by atoms with Crippen molar-refractivity contribution < 1.29 is 19.1 Å². The summed E-state index contributed by atoms with van der Waals surface area (Å²) >= 11 is 2.94. The van der Waals surface area contributed by atoms with E-state index in [9.17, 15) is 14.4 Å². The van der Waals surface area contributed by atoms with E-state index in [0.29, 0.717) is 30.9 Å². The van der Waals surface area contributed by atoms with Gasteiger partial charge in [0.2, 0.25) is 0 Å². The predicted molar refractivity (Wildman–Crippen MR) is 97.0 cm³/mol. The molecule has 2 aromatic heterocycles. The molecule has 4 rings (SSSR count). The number of nitrogens with zero attached hydrogens (tertiary/aromatic N) is 3. The summed E-state index contributed by atoms with van der Waals surface area (Å²) < 4.78 is 4.95. The van der Waals surface area contributed by atoms with Crippen molar-refractivity contribution in [3.8, 4) is 10.6 Å². The van der Waals surface area contributed by atoms with Crippen molar-refractivity contribution in [3.05, 3.63) is 27.9 Å². The first kappa shape index (κ1) is 17.3. The smallest absolute Gasteiger partial charge is 0.282 e. The third-order valence-corrected chi connectivity index (χ3v) is 6.29. The molecule has 0 N–H and O–H groups in total. The molecule has 9 heteroatoms. The summed E-state index contributed by atoms with van der Waals surface area (Å²) in [4.78, 5) is 45.2. The molecule has 0 spiro atoms. The second kappa shape index (κ2) is 7.26. The van der Waals surface area contributed by atoms with Gasteiger partial charge in [-0.25, -0.2) is 4.98 Å². The fourth-order valence-electron chi connectivity index (χ4n) is 3.28. The van der Waals surface area contributed by atoms with Gasteiger partial charge < -0.3 is 9.64 Å². The number of carbonyl (C=O) groups excluding carboxylic acids is 3. The topological polar surface area (TPSA) is 79.8 Å². The number of thiophene rings is 1. The first-order chi connectivity index (χ1) is 12.6. The average molecular weight is 391 g/mol. The van der Waals surface area contributed by atoms with Crippen molar-refractivity contribution in [1.82, 2.24) is 14.8 Å². The Morgan fingerprint density at radius 1 is 1.15 bits per heavy atom. The Morgan fingerprint density at radius 3 is 2.54 bits per heavy atom. The molecule has 2 aliphatic heterocycles. The Morgan fingerprint density at radius 2 is 1.88 bits per heavy atom. The van der Waals surface area contributed by atoms with E-state index in [1.54, 1.807) is 16.2 Å². The number of aromatic nitrogens is 1. The van der Waals surface area contributed by atoms with Crippen LogP contribution >= 0.6 is 22.7 Å². The lowest BCUT2D eigenvalue weighted by molar-refractivity contribution is -0.162. The fraction of sp³-hybridized carbons (Fsp3) is 0.412. The Kier molecular flexibility index (Phi) is 4.84. The highest BCUT2D eigenvalue weighted by atomic mass is 32.1. The number of thiazole rings is 1. The highest BCUT2D eigenvalue weighted by Crippen LogP contribution is 2.27. The number of amides is 3. The van der Waals surface area contributed by atoms with Crippen LogP contribution in [0.4, 0.5) is 0 Å². The normalized spacial score (nSPS) is 19.2. The molecule has 0 saturated carbocycles. The molecule has 0 atom stereocenters. The molecule has 2 fully saturated rings. The van der Waals surface area contributed by atoms with E-state index < -0.39 is 0 Å². The van der Waals surface area contributed by atoms with E-state index in [-0.39, 0.29) is 37.0 Å². The van der Waals surface area contributed by atoms with Crippen molar-refractivity contribution in [3.63, 3.8) is 0 Å². The maximum Gasteiger partial charge on any atom is 0.282 e. The van der Waals surface area contributed by atoms with Crippen molar-refractivity contribution in [2.45, 2.75) is 18.9 Å². The SMILES string of the molecule is O=C(c1nc(-c2cccs2)cs1)N1CCC(N2C(=O)COCC2=O)CC1. The van der Waals surface area contributed by atoms with Gasteiger partial charge in [0.25, 0.3) is 17.7 Å². The van der Waals surface area contributed by atoms with E-state index in [1.807, 2.05) is 22.9 Å². The molecule has 2 aromatic rings. The molecule has 4 heterocycles. The van der Waals surface area contributed by atoms with Gasteiger partial charge in [-0.15, -0.1) is 22.7 Å². The molecule has 2 saturated heterocycles. The zero-order chi connectivity index (χ0) is 18.1. The maximum absolute atomic E-state index is 12.7. The lowest BCUT2D eigenvalue weighted by atomic mass is 10.0. The van der Waals surface area contributed by atoms with Crippen molar-refractivity contribution in [1.29, 1.82) is 0 Å². The molecule has 3 amide bonds. The first-order valence-electron chi connectivity index (χ1n) is 8.35. The number of piperidine rings is 1. The van der Waals surface area contributed by atoms with Gasteiger partial charge in [0.05, 0.1) is 10.6 Å². The molecular formula is C17H17N3O4S2. The number of rotatable bonds is 3. The quantitative estimate of drug-likeness (QED) is 0.746. The highest BCUT2D eigenvalue weighted by Gasteiger charge is 2.36. The van der Waals surface area contributed by atoms with E-state index in [2.05, 4.69) is 4.98 Å². The van der Waals surface area contributed by atoms with Gasteiger partial charge in [0.1, 0.15) is 13.2 Å². The lowest BCUT2D eigenvalue weighted by Crippen LogP contribution is -2.55. The van der Waals surface area contributed by atoms with Gasteiger partial charge in [0, 0.05) is 24.5 Å². The van der Waals surface area contributed by atoms with Crippen LogP contribution in [-0.4, -0.2) is 64.9 Å². The number of imide groups is 1. The predicted octanol–water partition coefficient (Wildman–Crippen LogP) is 1.86. The molecule has 0 aliphatic carbocycles. The van der Waals surface area contributed by atoms with E-state index >= 15 is 0 Å². The summed E-state index contributed by atoms with van der Waals surface area (Å²) in [5, 5.41) is 4.36. The van der Waals surface area contributed by atoms with Gasteiger partial charge in [-0.1, -0.05) is 6.07 Å². The number of carbonyl (C=O) groups is 3. The van der Waals surface area contributed by atoms with E-state index in [4.69, 9.17) is 4.74 Å². The average Bonchev–Trinajstić information content (AvgIpc) is 3.33. The van der Waals surface area contributed by atoms with Crippen molar-refractivity contribution in [2.75, 3.05) is 26.3 Å². The number of ether oxygens (including phenoxy) is 1. The summed E-state index contributed by atoms with van der Waals surface area (Å²) in [6.45, 7) is 0.926. The second-order valence-corrected chi connectivity index (χ2v) is 7.99. The number of morpholine rings is 1. The van der Waals surface area contributed by atoms with Gasteiger partial charge >= 0.3 is 0 Å². The van der Waals surface area contributed by atoms with Crippen LogP contribution in [0.2, 0.25) is 0 Å². The summed E-state index contributed by atoms with van der Waals surface area (Å²) in [7, 11) is 0. The molecular weight excluding hydrogens is 374 g/mol. The van der Waals surface area contributed by atoms with Gasteiger partial charge in [-0.3, -0.25) is 19.3 Å². The standard InChI is InChI=1S/C17H17N3O4S2/c21-14-8-24-9-15(22)20(14)11-3-5-19(6-4-11)17(23)16-18-12(10-26-16)13-2-1-7-25-13/h1-2,7,10-11H,3-6,8-9H2. The molecule has 26 heavy (non-hydrogen) atoms. The Labute approximate surface area is 158 Å². The lowest BCUT2D eigenvalue weighted by Gasteiger charge is -2.38. The Hall–Kier alpha value is -2.10. The molecule has 2 aliphatic rings. The minimum Gasteiger partial charge on any atom is -0.362 e. The highest BCUT2D eigenvalue weighted by molar-refractivity contribution is 7.15. The first-order valence-corrected chi connectivity index (χ1v) is 10.1. The van der Waals surface area contributed by atoms with Crippen molar-refractivity contribution >= 4 is 40.4 Å². The van der Waals surface area contributed by atoms with Gasteiger partial charge in [-0.2, -0.15) is 0 Å². The second-order valence-electron chi connectivity index (χ2n) is 6.19. The van der Waals surface area contributed by atoms with Crippen LogP contribution < -0.4 is 0 Å². The molecule has 0 radical (unpaired) electrons. The number of hydrogen-bond donors (Lipinski definition) is 0. The third kappa shape index (κ3) is 3.29.